The highest BCUT2D eigenvalue weighted by Gasteiger charge is 2.45. The Labute approximate surface area is 352 Å². The van der Waals surface area contributed by atoms with Gasteiger partial charge >= 0.3 is 24.1 Å². The van der Waals surface area contributed by atoms with Gasteiger partial charge in [-0.05, 0) is 41.5 Å². The topological polar surface area (TPSA) is 219 Å². The summed E-state index contributed by atoms with van der Waals surface area (Å²) in [6, 6.07) is 34.8. The Hall–Kier alpha value is -7.33. The lowest BCUT2D eigenvalue weighted by atomic mass is 9.93. The quantitative estimate of drug-likeness (QED) is 0.0348. The molecule has 0 fully saturated rings. The molecule has 4 aromatic carbocycles. The number of rotatable bonds is 21. The van der Waals surface area contributed by atoms with Crippen LogP contribution >= 0.6 is 0 Å². The molecule has 0 saturated heterocycles. The van der Waals surface area contributed by atoms with E-state index in [9.17, 15) is 28.8 Å². The van der Waals surface area contributed by atoms with Crippen molar-refractivity contribution in [2.24, 2.45) is 5.73 Å². The number of carbonyl (C=O) groups is 6. The van der Waals surface area contributed by atoms with E-state index in [1.807, 2.05) is 54.6 Å². The maximum absolute atomic E-state index is 13.8. The maximum Gasteiger partial charge on any atom is 0.419 e. The van der Waals surface area contributed by atoms with Crippen molar-refractivity contribution in [2.75, 3.05) is 13.1 Å². The summed E-state index contributed by atoms with van der Waals surface area (Å²) in [4.78, 5) is 82.9. The Kier molecular flexibility index (Phi) is 17.1. The fraction of sp³-hybridized carbons (Fsp3) is 0.267. The molecule has 0 spiro atoms. The molecule has 5 N–H and O–H groups in total. The number of alkyl carbamates (subject to hydrolysis) is 1. The van der Waals surface area contributed by atoms with Crippen LogP contribution in [0.2, 0.25) is 0 Å². The van der Waals surface area contributed by atoms with Crippen LogP contribution in [-0.2, 0) is 71.0 Å². The molecular weight excluding hydrogens is 785 g/mol. The lowest BCUT2D eigenvalue weighted by Crippen LogP contribution is -2.62. The molecule has 0 saturated carbocycles. The van der Waals surface area contributed by atoms with Crippen molar-refractivity contribution in [3.63, 3.8) is 0 Å². The lowest BCUT2D eigenvalue weighted by Gasteiger charge is -2.25. The Bertz CT molecular complexity index is 2190. The summed E-state index contributed by atoms with van der Waals surface area (Å²) in [6.07, 6.45) is 1.53. The lowest BCUT2D eigenvalue weighted by molar-refractivity contribution is -0.156. The summed E-state index contributed by atoms with van der Waals surface area (Å²) in [5.74, 6) is -3.68. The number of hydrogen-bond acceptors (Lipinski definition) is 12. The van der Waals surface area contributed by atoms with E-state index < -0.39 is 60.5 Å². The predicted molar refractivity (Wildman–Crippen MR) is 221 cm³/mol. The van der Waals surface area contributed by atoms with Gasteiger partial charge in [0.2, 0.25) is 5.91 Å². The second-order valence-corrected chi connectivity index (χ2v) is 13.9. The molecule has 16 heteroatoms. The van der Waals surface area contributed by atoms with Gasteiger partial charge in [0.1, 0.15) is 38.8 Å². The van der Waals surface area contributed by atoms with E-state index in [-0.39, 0.29) is 45.1 Å². The number of amides is 3. The summed E-state index contributed by atoms with van der Waals surface area (Å²) < 4.78 is 22.6. The molecule has 2 atom stereocenters. The number of ether oxygens (including phenoxy) is 4. The molecule has 3 amide bonds. The summed E-state index contributed by atoms with van der Waals surface area (Å²) >= 11 is 0. The highest BCUT2D eigenvalue weighted by molar-refractivity contribution is 6.08. The number of hydrogen-bond donors (Lipinski definition) is 4. The van der Waals surface area contributed by atoms with Gasteiger partial charge in [0.05, 0.1) is 12.2 Å². The van der Waals surface area contributed by atoms with E-state index in [1.165, 1.54) is 6.20 Å². The van der Waals surface area contributed by atoms with Gasteiger partial charge in [0.15, 0.2) is 5.54 Å². The Balaban J connectivity index is 1.19. The molecular formula is C45H48N6O10. The van der Waals surface area contributed by atoms with Crippen LogP contribution < -0.4 is 21.7 Å². The molecule has 1 heterocycles. The number of nitrogens with two attached hydrogens (primary N) is 1. The molecule has 5 rings (SSSR count). The molecule has 318 valence electrons. The van der Waals surface area contributed by atoms with Gasteiger partial charge in [-0.15, -0.1) is 0 Å². The molecule has 1 aromatic heterocycles. The zero-order valence-corrected chi connectivity index (χ0v) is 33.4. The van der Waals surface area contributed by atoms with Crippen molar-refractivity contribution in [1.82, 2.24) is 25.5 Å². The maximum atomic E-state index is 13.8. The molecule has 61 heavy (non-hydrogen) atoms. The Morgan fingerprint density at radius 1 is 0.639 bits per heavy atom. The first-order valence-corrected chi connectivity index (χ1v) is 19.6. The highest BCUT2D eigenvalue weighted by Crippen LogP contribution is 2.16. The van der Waals surface area contributed by atoms with Crippen LogP contribution in [0, 0.1) is 0 Å². The SMILES string of the molecule is N[C@@](Cc1cn(C(=O)OCc2ccccc2)cn1)(C(=O)NCC(=O)N[C@@H](CCCCNC(=O)OCc1ccccc1)C(=O)OCc1ccccc1)C(=O)OCc1ccccc1. The van der Waals surface area contributed by atoms with Crippen molar-refractivity contribution in [2.45, 2.75) is 63.7 Å². The third-order valence-electron chi connectivity index (χ3n) is 9.15. The van der Waals surface area contributed by atoms with Gasteiger partial charge < -0.3 is 40.6 Å². The molecule has 5 aromatic rings. The number of nitrogens with one attached hydrogen (secondary N) is 3. The number of nitrogens with zero attached hydrogens (tertiary/aromatic N) is 2. The molecule has 0 aliphatic rings. The zero-order chi connectivity index (χ0) is 43.3. The number of unbranched alkanes of at least 4 members (excludes halogenated alkanes) is 1. The van der Waals surface area contributed by atoms with E-state index in [0.717, 1.165) is 27.6 Å². The first-order valence-electron chi connectivity index (χ1n) is 19.6. The highest BCUT2D eigenvalue weighted by atomic mass is 16.6. The number of carbonyl (C=O) groups excluding carboxylic acids is 6. The second-order valence-electron chi connectivity index (χ2n) is 13.9. The van der Waals surface area contributed by atoms with Crippen LogP contribution in [0.4, 0.5) is 9.59 Å². The molecule has 0 bridgehead atoms. The minimum atomic E-state index is -2.41. The van der Waals surface area contributed by atoms with Crippen LogP contribution in [0.5, 0.6) is 0 Å². The number of aromatic nitrogens is 2. The minimum absolute atomic E-state index is 0.000873. The van der Waals surface area contributed by atoms with Crippen molar-refractivity contribution in [3.05, 3.63) is 162 Å². The predicted octanol–water partition coefficient (Wildman–Crippen LogP) is 4.49. The van der Waals surface area contributed by atoms with Crippen LogP contribution in [0.1, 0.15) is 47.2 Å². The van der Waals surface area contributed by atoms with Crippen LogP contribution in [0.3, 0.4) is 0 Å². The fourth-order valence-electron chi connectivity index (χ4n) is 5.81. The van der Waals surface area contributed by atoms with Crippen molar-refractivity contribution in [1.29, 1.82) is 0 Å². The second kappa shape index (κ2) is 23.3. The van der Waals surface area contributed by atoms with Crippen LogP contribution in [-0.4, -0.2) is 70.2 Å². The van der Waals surface area contributed by atoms with E-state index in [1.54, 1.807) is 66.7 Å². The van der Waals surface area contributed by atoms with E-state index in [2.05, 4.69) is 20.9 Å². The number of imidazole rings is 1. The minimum Gasteiger partial charge on any atom is -0.459 e. The molecule has 0 unspecified atom stereocenters. The van der Waals surface area contributed by atoms with E-state index in [0.29, 0.717) is 18.4 Å². The Morgan fingerprint density at radius 3 is 1.70 bits per heavy atom. The van der Waals surface area contributed by atoms with Crippen molar-refractivity contribution < 1.29 is 47.7 Å². The Morgan fingerprint density at radius 2 is 1.15 bits per heavy atom. The monoisotopic (exact) mass is 832 g/mol. The van der Waals surface area contributed by atoms with Gasteiger partial charge in [-0.1, -0.05) is 121 Å². The molecule has 0 radical (unpaired) electrons. The summed E-state index contributed by atoms with van der Waals surface area (Å²) in [7, 11) is 0. The molecule has 0 aliphatic carbocycles. The van der Waals surface area contributed by atoms with Gasteiger partial charge in [-0.25, -0.2) is 28.7 Å². The third kappa shape index (κ3) is 14.8. The first kappa shape index (κ1) is 44.8. The van der Waals surface area contributed by atoms with Gasteiger partial charge in [-0.3, -0.25) is 9.59 Å². The largest absolute Gasteiger partial charge is 0.459 e. The summed E-state index contributed by atoms with van der Waals surface area (Å²) in [6.45, 7) is -0.570. The summed E-state index contributed by atoms with van der Waals surface area (Å²) in [5, 5.41) is 7.65. The number of benzene rings is 4. The third-order valence-corrected chi connectivity index (χ3v) is 9.15. The normalized spacial score (nSPS) is 12.1. The first-order chi connectivity index (χ1) is 29.6. The average Bonchev–Trinajstić information content (AvgIpc) is 3.76. The fourth-order valence-corrected chi connectivity index (χ4v) is 5.81. The van der Waals surface area contributed by atoms with Gasteiger partial charge in [0.25, 0.3) is 5.91 Å². The van der Waals surface area contributed by atoms with Crippen molar-refractivity contribution >= 4 is 35.9 Å². The zero-order valence-electron chi connectivity index (χ0n) is 33.4. The molecule has 16 nitrogen and oxygen atoms in total. The standard InChI is InChI=1S/C45H48N6O10/c46-45(42(55)59-29-34-17-7-2-8-18-34,25-37-27-51(32-49-37)44(57)61-31-36-21-11-4-12-22-36)41(54)48-26-39(52)50-38(40(53)58-28-33-15-5-1-6-16-33)23-13-14-24-47-43(56)60-30-35-19-9-3-10-20-35/h1-12,15-22,27,32,38H,13-14,23-26,28-31,46H2,(H,47,56)(H,48,54)(H,50,52)/t38-,45-/m0/s1. The van der Waals surface area contributed by atoms with E-state index in [4.69, 9.17) is 24.7 Å². The summed E-state index contributed by atoms with van der Waals surface area (Å²) in [5.41, 5.74) is 7.14. The molecule has 0 aliphatic heterocycles. The van der Waals surface area contributed by atoms with E-state index >= 15 is 0 Å². The number of esters is 2. The average molecular weight is 833 g/mol. The smallest absolute Gasteiger partial charge is 0.419 e. The van der Waals surface area contributed by atoms with Gasteiger partial charge in [0, 0.05) is 19.2 Å². The van der Waals surface area contributed by atoms with Crippen LogP contribution in [0.25, 0.3) is 0 Å². The van der Waals surface area contributed by atoms with Crippen LogP contribution in [0.15, 0.2) is 134 Å². The van der Waals surface area contributed by atoms with Gasteiger partial charge in [-0.2, -0.15) is 0 Å². The van der Waals surface area contributed by atoms with Crippen molar-refractivity contribution in [3.8, 4) is 0 Å².